The smallest absolute Gasteiger partial charge is 0.233 e. The second-order valence-corrected chi connectivity index (χ2v) is 7.89. The molecule has 2 atom stereocenters. The molecule has 1 aliphatic heterocycles. The van der Waals surface area contributed by atoms with E-state index in [1.165, 1.54) is 5.56 Å². The quantitative estimate of drug-likeness (QED) is 0.697. The summed E-state index contributed by atoms with van der Waals surface area (Å²) in [5.41, 5.74) is 4.92. The number of carbonyl (C=O) groups excluding carboxylic acids is 1. The molecule has 5 heteroatoms. The van der Waals surface area contributed by atoms with Crippen LogP contribution in [0.5, 0.6) is 0 Å². The number of Topliss-reactive ketones (excluding diaryl/α,β-unsaturated/α-hetero) is 1. The first-order valence-electron chi connectivity index (χ1n) is 8.80. The van der Waals surface area contributed by atoms with Crippen LogP contribution in [0.25, 0.3) is 0 Å². The van der Waals surface area contributed by atoms with Crippen molar-refractivity contribution in [3.8, 4) is 0 Å². The summed E-state index contributed by atoms with van der Waals surface area (Å²) in [5, 5.41) is 9.58. The number of rotatable bonds is 2. The van der Waals surface area contributed by atoms with Crippen LogP contribution in [0.1, 0.15) is 46.4 Å². The molecule has 2 aliphatic rings. The predicted molar refractivity (Wildman–Crippen MR) is 101 cm³/mol. The van der Waals surface area contributed by atoms with Gasteiger partial charge in [-0.3, -0.25) is 4.79 Å². The van der Waals surface area contributed by atoms with E-state index in [4.69, 9.17) is 4.52 Å². The van der Waals surface area contributed by atoms with Crippen molar-refractivity contribution in [2.24, 2.45) is 0 Å². The molecule has 4 nitrogen and oxygen atoms in total. The number of allylic oxidation sites excluding steroid dienone is 2. The summed E-state index contributed by atoms with van der Waals surface area (Å²) in [7, 11) is 0. The zero-order chi connectivity index (χ0) is 17.7. The monoisotopic (exact) mass is 362 g/mol. The van der Waals surface area contributed by atoms with Crippen molar-refractivity contribution in [2.45, 2.75) is 31.6 Å². The van der Waals surface area contributed by atoms with Crippen molar-refractivity contribution in [1.82, 2.24) is 5.16 Å². The third-order valence-corrected chi connectivity index (χ3v) is 6.29. The van der Waals surface area contributed by atoms with E-state index >= 15 is 0 Å². The molecule has 2 aromatic heterocycles. The zero-order valence-electron chi connectivity index (χ0n) is 14.4. The van der Waals surface area contributed by atoms with E-state index < -0.39 is 0 Å². The SMILES string of the molecule is Cc1noc2c1[C@@H](c1cccs1)C1=C(C[C@@H](c3ccccc3)CC1=O)N2. The third kappa shape index (κ3) is 2.35. The minimum Gasteiger partial charge on any atom is -0.338 e. The van der Waals surface area contributed by atoms with Crippen molar-refractivity contribution in [3.63, 3.8) is 0 Å². The molecule has 1 aliphatic carbocycles. The maximum absolute atomic E-state index is 13.2. The maximum Gasteiger partial charge on any atom is 0.233 e. The summed E-state index contributed by atoms with van der Waals surface area (Å²) in [6.07, 6.45) is 1.36. The van der Waals surface area contributed by atoms with E-state index in [2.05, 4.69) is 34.1 Å². The number of carbonyl (C=O) groups is 1. The van der Waals surface area contributed by atoms with Crippen LogP contribution in [-0.4, -0.2) is 10.9 Å². The van der Waals surface area contributed by atoms with Gasteiger partial charge in [-0.1, -0.05) is 41.6 Å². The number of benzene rings is 1. The van der Waals surface area contributed by atoms with Crippen LogP contribution >= 0.6 is 11.3 Å². The van der Waals surface area contributed by atoms with Gasteiger partial charge in [-0.2, -0.15) is 0 Å². The fourth-order valence-corrected chi connectivity index (χ4v) is 5.02. The molecule has 5 rings (SSSR count). The summed E-state index contributed by atoms with van der Waals surface area (Å²) in [6.45, 7) is 1.94. The molecule has 3 heterocycles. The topological polar surface area (TPSA) is 55.1 Å². The second kappa shape index (κ2) is 5.95. The molecule has 130 valence electrons. The van der Waals surface area contributed by atoms with Crippen molar-refractivity contribution in [2.75, 3.05) is 5.32 Å². The Bertz CT molecular complexity index is 1000. The van der Waals surface area contributed by atoms with Gasteiger partial charge in [-0.05, 0) is 36.3 Å². The highest BCUT2D eigenvalue weighted by atomic mass is 32.1. The van der Waals surface area contributed by atoms with E-state index in [0.717, 1.165) is 33.8 Å². The molecular formula is C21H18N2O2S. The molecule has 0 fully saturated rings. The number of hydrogen-bond donors (Lipinski definition) is 1. The van der Waals surface area contributed by atoms with Crippen LogP contribution in [0.3, 0.4) is 0 Å². The van der Waals surface area contributed by atoms with Crippen molar-refractivity contribution < 1.29 is 9.32 Å². The summed E-state index contributed by atoms with van der Waals surface area (Å²) < 4.78 is 5.54. The van der Waals surface area contributed by atoms with Gasteiger partial charge in [-0.25, -0.2) is 0 Å². The number of aromatic nitrogens is 1. The highest BCUT2D eigenvalue weighted by Crippen LogP contribution is 2.49. The Kier molecular flexibility index (Phi) is 3.57. The van der Waals surface area contributed by atoms with Crippen molar-refractivity contribution in [3.05, 3.63) is 80.8 Å². The number of nitrogens with one attached hydrogen (secondary N) is 1. The highest BCUT2D eigenvalue weighted by Gasteiger charge is 2.41. The molecule has 0 amide bonds. The molecule has 0 saturated carbocycles. The number of thiophene rings is 1. The van der Waals surface area contributed by atoms with Crippen LogP contribution in [-0.2, 0) is 4.79 Å². The number of hydrogen-bond acceptors (Lipinski definition) is 5. The Balaban J connectivity index is 1.62. The van der Waals surface area contributed by atoms with Crippen LogP contribution in [0.4, 0.5) is 5.88 Å². The molecule has 0 bridgehead atoms. The van der Waals surface area contributed by atoms with Crippen LogP contribution in [0.2, 0.25) is 0 Å². The minimum absolute atomic E-state index is 0.0725. The normalized spacial score (nSPS) is 22.0. The van der Waals surface area contributed by atoms with E-state index in [9.17, 15) is 4.79 Å². The first-order valence-corrected chi connectivity index (χ1v) is 9.68. The van der Waals surface area contributed by atoms with Gasteiger partial charge in [-0.15, -0.1) is 11.3 Å². The molecule has 3 aromatic rings. The molecule has 26 heavy (non-hydrogen) atoms. The molecule has 1 N–H and O–H groups in total. The van der Waals surface area contributed by atoms with Gasteiger partial charge in [0.25, 0.3) is 0 Å². The summed E-state index contributed by atoms with van der Waals surface area (Å²) in [4.78, 5) is 14.4. The van der Waals surface area contributed by atoms with Gasteiger partial charge >= 0.3 is 0 Å². The average Bonchev–Trinajstić information content (AvgIpc) is 3.31. The summed E-state index contributed by atoms with van der Waals surface area (Å²) >= 11 is 1.68. The zero-order valence-corrected chi connectivity index (χ0v) is 15.2. The maximum atomic E-state index is 13.2. The molecule has 0 saturated heterocycles. The largest absolute Gasteiger partial charge is 0.338 e. The fourth-order valence-electron chi connectivity index (χ4n) is 4.17. The van der Waals surface area contributed by atoms with Gasteiger partial charge in [0.2, 0.25) is 5.88 Å². The number of nitrogens with zero attached hydrogens (tertiary/aromatic N) is 1. The average molecular weight is 362 g/mol. The molecule has 0 unspecified atom stereocenters. The lowest BCUT2D eigenvalue weighted by atomic mass is 9.74. The standard InChI is InChI=1S/C21H18N2O2S/c1-12-18-20(17-8-5-9-26-17)19-15(22-21(18)25-23-12)10-14(11-16(19)24)13-6-3-2-4-7-13/h2-9,14,20,22H,10-11H2,1H3/t14-,20-/m1/s1. The van der Waals surface area contributed by atoms with Crippen LogP contribution in [0, 0.1) is 6.92 Å². The number of fused-ring (bicyclic) bond motifs is 1. The third-order valence-electron chi connectivity index (χ3n) is 5.36. The van der Waals surface area contributed by atoms with Crippen molar-refractivity contribution in [1.29, 1.82) is 0 Å². The fraction of sp³-hybridized carbons (Fsp3) is 0.238. The lowest BCUT2D eigenvalue weighted by Crippen LogP contribution is -2.29. The lowest BCUT2D eigenvalue weighted by Gasteiger charge is -2.34. The summed E-state index contributed by atoms with van der Waals surface area (Å²) in [6, 6.07) is 14.4. The Hall–Kier alpha value is -2.66. The predicted octanol–water partition coefficient (Wildman–Crippen LogP) is 5.00. The van der Waals surface area contributed by atoms with E-state index in [1.54, 1.807) is 11.3 Å². The first kappa shape index (κ1) is 15.6. The molecular weight excluding hydrogens is 344 g/mol. The Morgan fingerprint density at radius 2 is 2.00 bits per heavy atom. The van der Waals surface area contributed by atoms with Gasteiger partial charge in [0.15, 0.2) is 5.78 Å². The minimum atomic E-state index is -0.0725. The first-order chi connectivity index (χ1) is 12.7. The summed E-state index contributed by atoms with van der Waals surface area (Å²) in [5.74, 6) is 1.03. The van der Waals surface area contributed by atoms with Gasteiger partial charge < -0.3 is 9.84 Å². The van der Waals surface area contributed by atoms with Crippen molar-refractivity contribution >= 4 is 23.0 Å². The number of anilines is 1. The molecule has 1 aromatic carbocycles. The van der Waals surface area contributed by atoms with Crippen LogP contribution in [0.15, 0.2) is 63.6 Å². The van der Waals surface area contributed by atoms with Gasteiger partial charge in [0.1, 0.15) is 0 Å². The molecule has 0 radical (unpaired) electrons. The lowest BCUT2D eigenvalue weighted by molar-refractivity contribution is -0.116. The van der Waals surface area contributed by atoms with E-state index in [1.807, 2.05) is 31.2 Å². The van der Waals surface area contributed by atoms with Gasteiger partial charge in [0, 0.05) is 22.6 Å². The highest BCUT2D eigenvalue weighted by molar-refractivity contribution is 7.10. The Labute approximate surface area is 155 Å². The molecule has 0 spiro atoms. The Morgan fingerprint density at radius 1 is 1.15 bits per heavy atom. The number of ketones is 1. The number of aryl methyl sites for hydroxylation is 1. The second-order valence-electron chi connectivity index (χ2n) is 6.92. The van der Waals surface area contributed by atoms with E-state index in [-0.39, 0.29) is 17.6 Å². The van der Waals surface area contributed by atoms with Gasteiger partial charge in [0.05, 0.1) is 17.2 Å². The van der Waals surface area contributed by atoms with Crippen LogP contribution < -0.4 is 5.32 Å². The Morgan fingerprint density at radius 3 is 2.77 bits per heavy atom. The van der Waals surface area contributed by atoms with E-state index in [0.29, 0.717) is 12.3 Å².